The van der Waals surface area contributed by atoms with E-state index in [1.54, 1.807) is 0 Å². The van der Waals surface area contributed by atoms with Gasteiger partial charge in [-0.15, -0.1) is 0 Å². The fraction of sp³-hybridized carbons (Fsp3) is 1.00. The molecule has 1 nitrogen and oxygen atoms in total. The topological polar surface area (TPSA) is 12.0 Å². The Morgan fingerprint density at radius 3 is 2.38 bits per heavy atom. The molecule has 0 aromatic carbocycles. The zero-order valence-corrected chi connectivity index (χ0v) is 9.05. The Morgan fingerprint density at radius 1 is 1.23 bits per heavy atom. The number of piperidine rings is 1. The first-order chi connectivity index (χ1) is 6.29. The highest BCUT2D eigenvalue weighted by atomic mass is 15.0. The van der Waals surface area contributed by atoms with Gasteiger partial charge >= 0.3 is 0 Å². The molecule has 0 radical (unpaired) electrons. The van der Waals surface area contributed by atoms with Crippen molar-refractivity contribution in [2.45, 2.75) is 64.5 Å². The molecule has 0 saturated carbocycles. The van der Waals surface area contributed by atoms with E-state index in [-0.39, 0.29) is 0 Å². The van der Waals surface area contributed by atoms with Crippen LogP contribution < -0.4 is 5.32 Å². The van der Waals surface area contributed by atoms with Gasteiger partial charge in [-0.2, -0.15) is 0 Å². The second-order valence-electron chi connectivity index (χ2n) is 5.14. The van der Waals surface area contributed by atoms with Crippen LogP contribution in [0.3, 0.4) is 0 Å². The minimum Gasteiger partial charge on any atom is -0.311 e. The van der Waals surface area contributed by atoms with Gasteiger partial charge in [0.15, 0.2) is 0 Å². The van der Waals surface area contributed by atoms with Gasteiger partial charge in [0.25, 0.3) is 0 Å². The van der Waals surface area contributed by atoms with E-state index in [0.717, 1.165) is 23.9 Å². The molecule has 2 heterocycles. The van der Waals surface area contributed by atoms with Gasteiger partial charge in [0.05, 0.1) is 0 Å². The quantitative estimate of drug-likeness (QED) is 0.706. The van der Waals surface area contributed by atoms with Crippen LogP contribution in [0.15, 0.2) is 0 Å². The molecule has 1 N–H and O–H groups in total. The van der Waals surface area contributed by atoms with Crippen LogP contribution in [0.4, 0.5) is 0 Å². The Balaban J connectivity index is 1.87. The molecule has 0 aromatic rings. The molecule has 13 heavy (non-hydrogen) atoms. The third-order valence-corrected chi connectivity index (χ3v) is 4.06. The minimum atomic E-state index is 0.878. The van der Waals surface area contributed by atoms with Crippen molar-refractivity contribution in [1.29, 1.82) is 0 Å². The van der Waals surface area contributed by atoms with Crippen LogP contribution >= 0.6 is 0 Å². The average Bonchev–Trinajstić information content (AvgIpc) is 2.46. The summed E-state index contributed by atoms with van der Waals surface area (Å²) in [5.74, 6) is 1.99. The Labute approximate surface area is 82.3 Å². The summed E-state index contributed by atoms with van der Waals surface area (Å²) in [5.41, 5.74) is 0. The first-order valence-electron chi connectivity index (χ1n) is 6.05. The van der Waals surface area contributed by atoms with E-state index in [9.17, 15) is 0 Å². The second kappa shape index (κ2) is 4.00. The molecule has 2 bridgehead atoms. The third kappa shape index (κ3) is 2.07. The SMILES string of the molecule is CCCC(C)C1CC2CCC(C1)N2. The second-order valence-corrected chi connectivity index (χ2v) is 5.14. The van der Waals surface area contributed by atoms with E-state index in [1.165, 1.54) is 38.5 Å². The van der Waals surface area contributed by atoms with Crippen molar-refractivity contribution in [3.8, 4) is 0 Å². The van der Waals surface area contributed by atoms with Crippen LogP contribution in [0, 0.1) is 11.8 Å². The van der Waals surface area contributed by atoms with Gasteiger partial charge in [0, 0.05) is 12.1 Å². The summed E-state index contributed by atoms with van der Waals surface area (Å²) >= 11 is 0. The van der Waals surface area contributed by atoms with E-state index < -0.39 is 0 Å². The maximum absolute atomic E-state index is 3.72. The van der Waals surface area contributed by atoms with Crippen LogP contribution in [-0.2, 0) is 0 Å². The zero-order valence-electron chi connectivity index (χ0n) is 9.05. The van der Waals surface area contributed by atoms with Crippen LogP contribution in [0.1, 0.15) is 52.4 Å². The Morgan fingerprint density at radius 2 is 1.85 bits per heavy atom. The zero-order chi connectivity index (χ0) is 9.26. The van der Waals surface area contributed by atoms with E-state index in [1.807, 2.05) is 0 Å². The van der Waals surface area contributed by atoms with Gasteiger partial charge in [0.2, 0.25) is 0 Å². The number of nitrogens with one attached hydrogen (secondary N) is 1. The number of fused-ring (bicyclic) bond motifs is 2. The standard InChI is InChI=1S/C12H23N/c1-3-4-9(2)10-7-11-5-6-12(8-10)13-11/h9-13H,3-8H2,1-2H3. The minimum absolute atomic E-state index is 0.878. The van der Waals surface area contributed by atoms with Crippen LogP contribution in [0.2, 0.25) is 0 Å². The molecular formula is C12H23N. The van der Waals surface area contributed by atoms with Crippen molar-refractivity contribution in [3.63, 3.8) is 0 Å². The van der Waals surface area contributed by atoms with Gasteiger partial charge in [-0.3, -0.25) is 0 Å². The maximum atomic E-state index is 3.72. The molecule has 0 amide bonds. The summed E-state index contributed by atoms with van der Waals surface area (Å²) in [4.78, 5) is 0. The molecule has 2 saturated heterocycles. The lowest BCUT2D eigenvalue weighted by Gasteiger charge is -2.33. The largest absolute Gasteiger partial charge is 0.311 e. The van der Waals surface area contributed by atoms with E-state index >= 15 is 0 Å². The lowest BCUT2D eigenvalue weighted by atomic mass is 9.81. The van der Waals surface area contributed by atoms with Gasteiger partial charge in [0.1, 0.15) is 0 Å². The highest BCUT2D eigenvalue weighted by Crippen LogP contribution is 2.36. The molecule has 2 rings (SSSR count). The third-order valence-electron chi connectivity index (χ3n) is 4.06. The molecule has 76 valence electrons. The molecule has 2 aliphatic heterocycles. The van der Waals surface area contributed by atoms with Gasteiger partial charge in [-0.05, 0) is 37.5 Å². The fourth-order valence-corrected chi connectivity index (χ4v) is 3.26. The number of hydrogen-bond donors (Lipinski definition) is 1. The van der Waals surface area contributed by atoms with Crippen molar-refractivity contribution in [3.05, 3.63) is 0 Å². The van der Waals surface area contributed by atoms with E-state index in [0.29, 0.717) is 0 Å². The first kappa shape index (κ1) is 9.51. The molecule has 0 spiro atoms. The number of rotatable bonds is 3. The average molecular weight is 181 g/mol. The Bertz CT molecular complexity index is 155. The summed E-state index contributed by atoms with van der Waals surface area (Å²) in [5, 5.41) is 3.72. The first-order valence-corrected chi connectivity index (χ1v) is 6.05. The highest BCUT2D eigenvalue weighted by molar-refractivity contribution is 4.93. The molecule has 1 heteroatoms. The molecule has 2 aliphatic rings. The highest BCUT2D eigenvalue weighted by Gasteiger charge is 2.35. The van der Waals surface area contributed by atoms with Crippen molar-refractivity contribution in [2.24, 2.45) is 11.8 Å². The molecule has 2 fully saturated rings. The summed E-state index contributed by atoms with van der Waals surface area (Å²) in [6, 6.07) is 1.76. The van der Waals surface area contributed by atoms with Crippen molar-refractivity contribution < 1.29 is 0 Å². The van der Waals surface area contributed by atoms with E-state index in [2.05, 4.69) is 19.2 Å². The van der Waals surface area contributed by atoms with Crippen molar-refractivity contribution in [1.82, 2.24) is 5.32 Å². The summed E-state index contributed by atoms with van der Waals surface area (Å²) < 4.78 is 0. The molecule has 3 unspecified atom stereocenters. The van der Waals surface area contributed by atoms with Gasteiger partial charge in [-0.25, -0.2) is 0 Å². The predicted molar refractivity (Wildman–Crippen MR) is 56.7 cm³/mol. The fourth-order valence-electron chi connectivity index (χ4n) is 3.26. The normalized spacial score (nSPS) is 40.6. The van der Waals surface area contributed by atoms with Crippen LogP contribution in [0.5, 0.6) is 0 Å². The molecule has 3 atom stereocenters. The smallest absolute Gasteiger partial charge is 0.00729 e. The lowest BCUT2D eigenvalue weighted by Crippen LogP contribution is -2.39. The van der Waals surface area contributed by atoms with Crippen molar-refractivity contribution >= 4 is 0 Å². The Kier molecular flexibility index (Phi) is 2.92. The summed E-state index contributed by atoms with van der Waals surface area (Å²) in [7, 11) is 0. The molecule has 0 aliphatic carbocycles. The summed E-state index contributed by atoms with van der Waals surface area (Å²) in [6.45, 7) is 4.77. The Hall–Kier alpha value is -0.0400. The molecular weight excluding hydrogens is 158 g/mol. The molecule has 0 aromatic heterocycles. The lowest BCUT2D eigenvalue weighted by molar-refractivity contribution is 0.219. The van der Waals surface area contributed by atoms with E-state index in [4.69, 9.17) is 0 Å². The monoisotopic (exact) mass is 181 g/mol. The van der Waals surface area contributed by atoms with Crippen molar-refractivity contribution in [2.75, 3.05) is 0 Å². The van der Waals surface area contributed by atoms with Crippen LogP contribution in [-0.4, -0.2) is 12.1 Å². The van der Waals surface area contributed by atoms with Gasteiger partial charge < -0.3 is 5.32 Å². The predicted octanol–water partition coefficient (Wildman–Crippen LogP) is 2.95. The number of hydrogen-bond acceptors (Lipinski definition) is 1. The van der Waals surface area contributed by atoms with Gasteiger partial charge in [-0.1, -0.05) is 26.7 Å². The maximum Gasteiger partial charge on any atom is 0.00729 e. The van der Waals surface area contributed by atoms with Crippen LogP contribution in [0.25, 0.3) is 0 Å². The summed E-state index contributed by atoms with van der Waals surface area (Å²) in [6.07, 6.45) is 8.60.